The molecule has 5 heteroatoms. The average Bonchev–Trinajstić information content (AvgIpc) is 2.66. The lowest BCUT2D eigenvalue weighted by molar-refractivity contribution is -0.138. The van der Waals surface area contributed by atoms with Gasteiger partial charge < -0.3 is 19.1 Å². The molecule has 25 heavy (non-hydrogen) atoms. The first-order valence-electron chi connectivity index (χ1n) is 8.26. The molecule has 1 atom stereocenters. The SMILES string of the molecule is CC[C@H](Oc1ccc(OC)cc1)C(=O)N(C)Cc1ccc(OC)cc1. The molecule has 0 heterocycles. The molecule has 0 saturated carbocycles. The molecule has 0 radical (unpaired) electrons. The van der Waals surface area contributed by atoms with Gasteiger partial charge >= 0.3 is 0 Å². The van der Waals surface area contributed by atoms with Crippen molar-refractivity contribution in [2.45, 2.75) is 26.0 Å². The zero-order valence-electron chi connectivity index (χ0n) is 15.2. The maximum Gasteiger partial charge on any atom is 0.263 e. The van der Waals surface area contributed by atoms with Crippen molar-refractivity contribution in [1.29, 1.82) is 0 Å². The summed E-state index contributed by atoms with van der Waals surface area (Å²) in [6.07, 6.45) is 0.0781. The smallest absolute Gasteiger partial charge is 0.263 e. The Morgan fingerprint density at radius 3 is 1.88 bits per heavy atom. The molecule has 0 aromatic heterocycles. The van der Waals surface area contributed by atoms with Crippen LogP contribution in [0.4, 0.5) is 0 Å². The Hall–Kier alpha value is -2.69. The average molecular weight is 343 g/mol. The molecule has 0 spiro atoms. The number of hydrogen-bond donors (Lipinski definition) is 0. The van der Waals surface area contributed by atoms with E-state index in [1.54, 1.807) is 38.3 Å². The number of amides is 1. The molecule has 5 nitrogen and oxygen atoms in total. The molecule has 1 amide bonds. The van der Waals surface area contributed by atoms with Gasteiger partial charge in [-0.05, 0) is 48.4 Å². The summed E-state index contributed by atoms with van der Waals surface area (Å²) >= 11 is 0. The van der Waals surface area contributed by atoms with Crippen molar-refractivity contribution in [1.82, 2.24) is 4.90 Å². The van der Waals surface area contributed by atoms with E-state index in [0.717, 1.165) is 17.1 Å². The topological polar surface area (TPSA) is 48.0 Å². The van der Waals surface area contributed by atoms with Crippen molar-refractivity contribution in [3.8, 4) is 17.2 Å². The molecule has 0 bridgehead atoms. The predicted molar refractivity (Wildman–Crippen MR) is 97.2 cm³/mol. The molecular formula is C20H25NO4. The fourth-order valence-corrected chi connectivity index (χ4v) is 2.46. The van der Waals surface area contributed by atoms with E-state index in [2.05, 4.69) is 0 Å². The van der Waals surface area contributed by atoms with E-state index in [1.807, 2.05) is 43.3 Å². The summed E-state index contributed by atoms with van der Waals surface area (Å²) in [5, 5.41) is 0. The third-order valence-corrected chi connectivity index (χ3v) is 3.94. The lowest BCUT2D eigenvalue weighted by Gasteiger charge is -2.24. The Morgan fingerprint density at radius 2 is 1.40 bits per heavy atom. The van der Waals surface area contributed by atoms with E-state index < -0.39 is 6.10 Å². The second-order valence-corrected chi connectivity index (χ2v) is 5.73. The van der Waals surface area contributed by atoms with Crippen LogP contribution in [0.25, 0.3) is 0 Å². The molecular weight excluding hydrogens is 318 g/mol. The minimum atomic E-state index is -0.517. The van der Waals surface area contributed by atoms with E-state index in [1.165, 1.54) is 0 Å². The van der Waals surface area contributed by atoms with E-state index in [-0.39, 0.29) is 5.91 Å². The molecule has 0 N–H and O–H groups in total. The van der Waals surface area contributed by atoms with Crippen LogP contribution < -0.4 is 14.2 Å². The lowest BCUT2D eigenvalue weighted by atomic mass is 10.2. The summed E-state index contributed by atoms with van der Waals surface area (Å²) in [6, 6.07) is 14.9. The highest BCUT2D eigenvalue weighted by Gasteiger charge is 2.22. The molecule has 0 unspecified atom stereocenters. The third-order valence-electron chi connectivity index (χ3n) is 3.94. The molecule has 0 aliphatic heterocycles. The summed E-state index contributed by atoms with van der Waals surface area (Å²) in [7, 11) is 5.03. The van der Waals surface area contributed by atoms with E-state index in [0.29, 0.717) is 18.7 Å². The van der Waals surface area contributed by atoms with Crippen LogP contribution in [0.5, 0.6) is 17.2 Å². The summed E-state index contributed by atoms with van der Waals surface area (Å²) in [5.74, 6) is 2.16. The number of methoxy groups -OCH3 is 2. The fourth-order valence-electron chi connectivity index (χ4n) is 2.46. The van der Waals surface area contributed by atoms with Gasteiger partial charge in [0.05, 0.1) is 14.2 Å². The second kappa shape index (κ2) is 8.97. The van der Waals surface area contributed by atoms with Crippen LogP contribution in [-0.4, -0.2) is 38.2 Å². The Morgan fingerprint density at radius 1 is 0.920 bits per heavy atom. The molecule has 0 aliphatic rings. The largest absolute Gasteiger partial charge is 0.497 e. The number of ether oxygens (including phenoxy) is 3. The predicted octanol–water partition coefficient (Wildman–Crippen LogP) is 3.52. The number of nitrogens with zero attached hydrogens (tertiary/aromatic N) is 1. The number of benzene rings is 2. The number of likely N-dealkylation sites (N-methyl/N-ethyl adjacent to an activating group) is 1. The number of carbonyl (C=O) groups excluding carboxylic acids is 1. The van der Waals surface area contributed by atoms with Gasteiger partial charge in [0.2, 0.25) is 0 Å². The number of carbonyl (C=O) groups is 1. The fraction of sp³-hybridized carbons (Fsp3) is 0.350. The van der Waals surface area contributed by atoms with Gasteiger partial charge in [0.15, 0.2) is 6.10 Å². The van der Waals surface area contributed by atoms with E-state index in [9.17, 15) is 4.79 Å². The molecule has 2 aromatic carbocycles. The first-order valence-corrected chi connectivity index (χ1v) is 8.26. The normalized spacial score (nSPS) is 11.5. The minimum Gasteiger partial charge on any atom is -0.497 e. The highest BCUT2D eigenvalue weighted by atomic mass is 16.5. The zero-order chi connectivity index (χ0) is 18.2. The molecule has 0 fully saturated rings. The van der Waals surface area contributed by atoms with Crippen molar-refractivity contribution in [2.24, 2.45) is 0 Å². The first-order chi connectivity index (χ1) is 12.1. The Balaban J connectivity index is 1.98. The Bertz CT molecular complexity index is 667. The van der Waals surface area contributed by atoms with Crippen LogP contribution >= 0.6 is 0 Å². The summed E-state index contributed by atoms with van der Waals surface area (Å²) in [6.45, 7) is 2.46. The third kappa shape index (κ3) is 5.14. The van der Waals surface area contributed by atoms with Crippen molar-refractivity contribution in [2.75, 3.05) is 21.3 Å². The number of rotatable bonds is 8. The summed E-state index contributed by atoms with van der Waals surface area (Å²) < 4.78 is 16.1. The molecule has 2 rings (SSSR count). The molecule has 0 aliphatic carbocycles. The zero-order valence-corrected chi connectivity index (χ0v) is 15.2. The van der Waals surface area contributed by atoms with Crippen LogP contribution in [0.15, 0.2) is 48.5 Å². The van der Waals surface area contributed by atoms with Gasteiger partial charge in [-0.25, -0.2) is 0 Å². The van der Waals surface area contributed by atoms with E-state index in [4.69, 9.17) is 14.2 Å². The first kappa shape index (κ1) is 18.6. The minimum absolute atomic E-state index is 0.0471. The van der Waals surface area contributed by atoms with Gasteiger partial charge in [-0.3, -0.25) is 4.79 Å². The Kier molecular flexibility index (Phi) is 6.69. The lowest BCUT2D eigenvalue weighted by Crippen LogP contribution is -2.39. The molecule has 134 valence electrons. The van der Waals surface area contributed by atoms with Crippen molar-refractivity contribution in [3.63, 3.8) is 0 Å². The van der Waals surface area contributed by atoms with Crippen LogP contribution in [0, 0.1) is 0 Å². The van der Waals surface area contributed by atoms with Crippen molar-refractivity contribution < 1.29 is 19.0 Å². The van der Waals surface area contributed by atoms with Crippen molar-refractivity contribution in [3.05, 3.63) is 54.1 Å². The van der Waals surface area contributed by atoms with Crippen molar-refractivity contribution >= 4 is 5.91 Å². The summed E-state index contributed by atoms with van der Waals surface area (Å²) in [4.78, 5) is 14.4. The van der Waals surface area contributed by atoms with Gasteiger partial charge in [0.25, 0.3) is 5.91 Å². The van der Waals surface area contributed by atoms with Crippen LogP contribution in [0.1, 0.15) is 18.9 Å². The quantitative estimate of drug-likeness (QED) is 0.736. The highest BCUT2D eigenvalue weighted by Crippen LogP contribution is 2.20. The van der Waals surface area contributed by atoms with Gasteiger partial charge in [-0.15, -0.1) is 0 Å². The van der Waals surface area contributed by atoms with Gasteiger partial charge in [-0.2, -0.15) is 0 Å². The van der Waals surface area contributed by atoms with Gasteiger partial charge in [0, 0.05) is 13.6 Å². The molecule has 0 saturated heterocycles. The van der Waals surface area contributed by atoms with Crippen LogP contribution in [0.3, 0.4) is 0 Å². The van der Waals surface area contributed by atoms with Gasteiger partial charge in [-0.1, -0.05) is 19.1 Å². The highest BCUT2D eigenvalue weighted by molar-refractivity contribution is 5.81. The van der Waals surface area contributed by atoms with Gasteiger partial charge in [0.1, 0.15) is 17.2 Å². The number of hydrogen-bond acceptors (Lipinski definition) is 4. The van der Waals surface area contributed by atoms with Crippen LogP contribution in [0.2, 0.25) is 0 Å². The maximum absolute atomic E-state index is 12.7. The van der Waals surface area contributed by atoms with E-state index >= 15 is 0 Å². The summed E-state index contributed by atoms with van der Waals surface area (Å²) in [5.41, 5.74) is 1.04. The van der Waals surface area contributed by atoms with Crippen LogP contribution in [-0.2, 0) is 11.3 Å². The monoisotopic (exact) mass is 343 g/mol. The Labute approximate surface area is 149 Å². The maximum atomic E-state index is 12.7. The molecule has 2 aromatic rings. The second-order valence-electron chi connectivity index (χ2n) is 5.73. The standard InChI is InChI=1S/C20H25NO4/c1-5-19(25-18-12-10-17(24-4)11-13-18)20(22)21(2)14-15-6-8-16(23-3)9-7-15/h6-13,19H,5,14H2,1-4H3/t19-/m0/s1.